The lowest BCUT2D eigenvalue weighted by Crippen LogP contribution is -2.41. The second-order valence-electron chi connectivity index (χ2n) is 4.56. The van der Waals surface area contributed by atoms with Crippen molar-refractivity contribution < 1.29 is 14.7 Å². The second-order valence-corrected chi connectivity index (χ2v) is 5.88. The van der Waals surface area contributed by atoms with Crippen LogP contribution in [0, 0.1) is 0 Å². The molecule has 0 saturated heterocycles. The van der Waals surface area contributed by atoms with Crippen molar-refractivity contribution >= 4 is 41.1 Å². The third-order valence-electron chi connectivity index (χ3n) is 3.15. The zero-order chi connectivity index (χ0) is 16.0. The predicted molar refractivity (Wildman–Crippen MR) is 87.7 cm³/mol. The number of amides is 2. The van der Waals surface area contributed by atoms with Gasteiger partial charge in [-0.3, -0.25) is 0 Å². The van der Waals surface area contributed by atoms with Crippen molar-refractivity contribution in [2.24, 2.45) is 0 Å². The Hall–Kier alpha value is -1.40. The van der Waals surface area contributed by atoms with Gasteiger partial charge in [0.2, 0.25) is 0 Å². The maximum Gasteiger partial charge on any atom is 0.337 e. The van der Waals surface area contributed by atoms with Gasteiger partial charge in [-0.15, -0.1) is 0 Å². The Kier molecular flexibility index (Phi) is 6.84. The number of rotatable bonds is 6. The van der Waals surface area contributed by atoms with Crippen LogP contribution in [0.3, 0.4) is 0 Å². The third kappa shape index (κ3) is 4.82. The maximum absolute atomic E-state index is 12.2. The molecule has 0 fully saturated rings. The Morgan fingerprint density at radius 2 is 2.14 bits per heavy atom. The van der Waals surface area contributed by atoms with Crippen molar-refractivity contribution in [2.45, 2.75) is 19.4 Å². The minimum absolute atomic E-state index is 0.0340. The number of carboxylic acid groups (broad SMARTS) is 1. The zero-order valence-electron chi connectivity index (χ0n) is 12.2. The van der Waals surface area contributed by atoms with E-state index in [-0.39, 0.29) is 22.7 Å². The molecule has 0 aromatic heterocycles. The molecule has 7 heteroatoms. The Morgan fingerprint density at radius 3 is 2.67 bits per heavy atom. The summed E-state index contributed by atoms with van der Waals surface area (Å²) in [4.78, 5) is 24.8. The van der Waals surface area contributed by atoms with Crippen LogP contribution in [0.25, 0.3) is 0 Å². The van der Waals surface area contributed by atoms with Crippen molar-refractivity contribution in [1.82, 2.24) is 4.90 Å². The van der Waals surface area contributed by atoms with E-state index in [4.69, 9.17) is 16.7 Å². The molecule has 0 heterocycles. The van der Waals surface area contributed by atoms with Crippen molar-refractivity contribution in [3.05, 3.63) is 28.8 Å². The summed E-state index contributed by atoms with van der Waals surface area (Å²) in [5, 5.41) is 11.9. The van der Waals surface area contributed by atoms with E-state index in [0.29, 0.717) is 5.69 Å². The molecule has 0 spiro atoms. The molecule has 0 bridgehead atoms. The van der Waals surface area contributed by atoms with Crippen LogP contribution in [0.5, 0.6) is 0 Å². The fourth-order valence-corrected chi connectivity index (χ4v) is 2.88. The highest BCUT2D eigenvalue weighted by atomic mass is 35.5. The van der Waals surface area contributed by atoms with Crippen LogP contribution in [0.1, 0.15) is 23.7 Å². The highest BCUT2D eigenvalue weighted by Crippen LogP contribution is 2.21. The van der Waals surface area contributed by atoms with Crippen LogP contribution < -0.4 is 5.32 Å². The molecule has 1 rings (SSSR count). The first-order valence-electron chi connectivity index (χ1n) is 6.46. The van der Waals surface area contributed by atoms with Crippen LogP contribution in [0.15, 0.2) is 18.2 Å². The number of carbonyl (C=O) groups excluding carboxylic acids is 1. The number of thioether (sulfide) groups is 1. The SMILES string of the molecule is CCC(CSC)N(C)C(=O)Nc1ccc(Cl)c(C(=O)O)c1. The monoisotopic (exact) mass is 330 g/mol. The first-order valence-corrected chi connectivity index (χ1v) is 8.23. The molecule has 1 atom stereocenters. The molecule has 2 amide bonds. The molecule has 0 saturated carbocycles. The summed E-state index contributed by atoms with van der Waals surface area (Å²) in [5.74, 6) is -0.278. The molecule has 0 aliphatic rings. The topological polar surface area (TPSA) is 69.6 Å². The molecule has 0 aliphatic carbocycles. The first-order chi connectivity index (χ1) is 9.90. The van der Waals surface area contributed by atoms with E-state index in [1.807, 2.05) is 13.2 Å². The Labute approximate surface area is 133 Å². The lowest BCUT2D eigenvalue weighted by Gasteiger charge is -2.27. The van der Waals surface area contributed by atoms with Gasteiger partial charge < -0.3 is 15.3 Å². The van der Waals surface area contributed by atoms with Crippen LogP contribution in [-0.2, 0) is 0 Å². The van der Waals surface area contributed by atoms with Crippen molar-refractivity contribution in [3.63, 3.8) is 0 Å². The molecule has 1 aromatic rings. The minimum atomic E-state index is -1.13. The number of nitrogens with zero attached hydrogens (tertiary/aromatic N) is 1. The fraction of sp³-hybridized carbons (Fsp3) is 0.429. The van der Waals surface area contributed by atoms with E-state index in [2.05, 4.69) is 5.32 Å². The fourth-order valence-electron chi connectivity index (χ4n) is 1.84. The van der Waals surface area contributed by atoms with E-state index < -0.39 is 5.97 Å². The number of hydrogen-bond donors (Lipinski definition) is 2. The van der Waals surface area contributed by atoms with E-state index in [1.54, 1.807) is 29.8 Å². The average Bonchev–Trinajstić information content (AvgIpc) is 2.45. The lowest BCUT2D eigenvalue weighted by molar-refractivity contribution is 0.0697. The van der Waals surface area contributed by atoms with Gasteiger partial charge >= 0.3 is 12.0 Å². The zero-order valence-corrected chi connectivity index (χ0v) is 13.8. The summed E-state index contributed by atoms with van der Waals surface area (Å²) >= 11 is 7.48. The van der Waals surface area contributed by atoms with E-state index in [1.165, 1.54) is 12.1 Å². The summed E-state index contributed by atoms with van der Waals surface area (Å²) < 4.78 is 0. The van der Waals surface area contributed by atoms with Gasteiger partial charge in [-0.1, -0.05) is 18.5 Å². The van der Waals surface area contributed by atoms with Crippen LogP contribution >= 0.6 is 23.4 Å². The molecular formula is C14H19ClN2O3S. The molecule has 2 N–H and O–H groups in total. The van der Waals surface area contributed by atoms with E-state index in [0.717, 1.165) is 12.2 Å². The minimum Gasteiger partial charge on any atom is -0.478 e. The number of nitrogens with one attached hydrogen (secondary N) is 1. The van der Waals surface area contributed by atoms with Crippen LogP contribution in [0.4, 0.5) is 10.5 Å². The van der Waals surface area contributed by atoms with Crippen LogP contribution in [-0.4, -0.2) is 47.1 Å². The number of carbonyl (C=O) groups is 2. The Balaban J connectivity index is 2.83. The quantitative estimate of drug-likeness (QED) is 0.835. The van der Waals surface area contributed by atoms with Gasteiger partial charge in [0.1, 0.15) is 0 Å². The smallest absolute Gasteiger partial charge is 0.337 e. The largest absolute Gasteiger partial charge is 0.478 e. The number of aromatic carboxylic acids is 1. The number of hydrogen-bond acceptors (Lipinski definition) is 3. The number of anilines is 1. The van der Waals surface area contributed by atoms with Gasteiger partial charge in [-0.25, -0.2) is 9.59 Å². The van der Waals surface area contributed by atoms with Gasteiger partial charge in [0.15, 0.2) is 0 Å². The summed E-state index contributed by atoms with van der Waals surface area (Å²) in [6.07, 6.45) is 2.85. The standard InChI is InChI=1S/C14H19ClN2O3S/c1-4-10(8-21-3)17(2)14(20)16-9-5-6-12(15)11(7-9)13(18)19/h5-7,10H,4,8H2,1-3H3,(H,16,20)(H,18,19). The van der Waals surface area contributed by atoms with E-state index >= 15 is 0 Å². The number of urea groups is 1. The summed E-state index contributed by atoms with van der Waals surface area (Å²) in [6.45, 7) is 2.02. The van der Waals surface area contributed by atoms with Crippen molar-refractivity contribution in [2.75, 3.05) is 24.4 Å². The molecule has 1 unspecified atom stereocenters. The normalized spacial score (nSPS) is 11.8. The molecule has 116 valence electrons. The highest BCUT2D eigenvalue weighted by molar-refractivity contribution is 7.98. The molecule has 21 heavy (non-hydrogen) atoms. The van der Waals surface area contributed by atoms with E-state index in [9.17, 15) is 9.59 Å². The van der Waals surface area contributed by atoms with Crippen molar-refractivity contribution in [1.29, 1.82) is 0 Å². The molecule has 0 aliphatic heterocycles. The maximum atomic E-state index is 12.2. The molecular weight excluding hydrogens is 312 g/mol. The van der Waals surface area contributed by atoms with Gasteiger partial charge in [0, 0.05) is 24.5 Å². The molecule has 1 aromatic carbocycles. The first kappa shape index (κ1) is 17.7. The van der Waals surface area contributed by atoms with Crippen molar-refractivity contribution in [3.8, 4) is 0 Å². The third-order valence-corrected chi connectivity index (χ3v) is 4.19. The Morgan fingerprint density at radius 1 is 1.48 bits per heavy atom. The number of carboxylic acids is 1. The summed E-state index contributed by atoms with van der Waals surface area (Å²) in [7, 11) is 1.73. The van der Waals surface area contributed by atoms with Gasteiger partial charge in [0.05, 0.1) is 10.6 Å². The van der Waals surface area contributed by atoms with Gasteiger partial charge in [-0.2, -0.15) is 11.8 Å². The predicted octanol–water partition coefficient (Wildman–Crippen LogP) is 3.64. The van der Waals surface area contributed by atoms with Gasteiger partial charge in [-0.05, 0) is 30.9 Å². The summed E-state index contributed by atoms with van der Waals surface area (Å²) in [6, 6.07) is 4.25. The highest BCUT2D eigenvalue weighted by Gasteiger charge is 2.18. The van der Waals surface area contributed by atoms with Gasteiger partial charge in [0.25, 0.3) is 0 Å². The lowest BCUT2D eigenvalue weighted by atomic mass is 10.2. The van der Waals surface area contributed by atoms with Crippen LogP contribution in [0.2, 0.25) is 5.02 Å². The molecule has 5 nitrogen and oxygen atoms in total. The Bertz CT molecular complexity index is 525. The number of benzene rings is 1. The molecule has 0 radical (unpaired) electrons. The average molecular weight is 331 g/mol. The second kappa shape index (κ2) is 8.14. The summed E-state index contributed by atoms with van der Waals surface area (Å²) in [5.41, 5.74) is 0.376. The number of halogens is 1.